The fourth-order valence-electron chi connectivity index (χ4n) is 1.89. The van der Waals surface area contributed by atoms with Crippen LogP contribution in [0.4, 0.5) is 0 Å². The van der Waals surface area contributed by atoms with Crippen LogP contribution in [0.5, 0.6) is 0 Å². The molecule has 12 heavy (non-hydrogen) atoms. The van der Waals surface area contributed by atoms with Crippen molar-refractivity contribution < 1.29 is 19.7 Å². The first-order valence-electron chi connectivity index (χ1n) is 4.06. The van der Waals surface area contributed by atoms with Gasteiger partial charge in [0.05, 0.1) is 6.61 Å². The summed E-state index contributed by atoms with van der Waals surface area (Å²) in [5.74, 6) is -0.658. The van der Waals surface area contributed by atoms with E-state index in [0.29, 0.717) is 6.42 Å². The van der Waals surface area contributed by atoms with E-state index in [9.17, 15) is 0 Å². The Hall–Kier alpha value is -0.160. The average molecular weight is 176 g/mol. The minimum atomic E-state index is -0.665. The van der Waals surface area contributed by atoms with Gasteiger partial charge in [0.2, 0.25) is 0 Å². The standard InChI is InChI=1S/C8H16O4/c1-11-8(12-2)3-6(4-9)7(8)5-10/h6-7,9-10H,3-5H2,1-2H3. The third-order valence-corrected chi connectivity index (χ3v) is 2.80. The number of hydrogen-bond donors (Lipinski definition) is 2. The molecule has 4 nitrogen and oxygen atoms in total. The molecule has 0 aromatic carbocycles. The van der Waals surface area contributed by atoms with Crippen LogP contribution in [0.1, 0.15) is 6.42 Å². The maximum Gasteiger partial charge on any atom is 0.173 e. The van der Waals surface area contributed by atoms with Gasteiger partial charge in [-0.1, -0.05) is 0 Å². The number of aliphatic hydroxyl groups is 2. The van der Waals surface area contributed by atoms with Crippen LogP contribution in [0.15, 0.2) is 0 Å². The number of rotatable bonds is 4. The molecule has 0 radical (unpaired) electrons. The molecule has 72 valence electrons. The second-order valence-corrected chi connectivity index (χ2v) is 3.16. The predicted molar refractivity (Wildman–Crippen MR) is 42.5 cm³/mol. The Kier molecular flexibility index (Phi) is 3.06. The fourth-order valence-corrected chi connectivity index (χ4v) is 1.89. The van der Waals surface area contributed by atoms with Gasteiger partial charge in [0.15, 0.2) is 5.79 Å². The molecule has 0 saturated heterocycles. The molecule has 4 heteroatoms. The molecule has 1 fully saturated rings. The largest absolute Gasteiger partial charge is 0.396 e. The van der Waals surface area contributed by atoms with Crippen molar-refractivity contribution in [3.63, 3.8) is 0 Å². The first-order valence-corrected chi connectivity index (χ1v) is 4.06. The monoisotopic (exact) mass is 176 g/mol. The second kappa shape index (κ2) is 3.70. The highest BCUT2D eigenvalue weighted by Gasteiger charge is 2.54. The third-order valence-electron chi connectivity index (χ3n) is 2.80. The van der Waals surface area contributed by atoms with Gasteiger partial charge in [0.25, 0.3) is 0 Å². The molecule has 1 aliphatic carbocycles. The maximum absolute atomic E-state index is 9.01. The molecule has 1 saturated carbocycles. The van der Waals surface area contributed by atoms with Crippen LogP contribution in [0.25, 0.3) is 0 Å². The lowest BCUT2D eigenvalue weighted by molar-refractivity contribution is -0.319. The van der Waals surface area contributed by atoms with E-state index in [0.717, 1.165) is 0 Å². The van der Waals surface area contributed by atoms with E-state index >= 15 is 0 Å². The summed E-state index contributed by atoms with van der Waals surface area (Å²) in [4.78, 5) is 0. The molecular formula is C8H16O4. The van der Waals surface area contributed by atoms with Crippen molar-refractivity contribution in [3.05, 3.63) is 0 Å². The summed E-state index contributed by atoms with van der Waals surface area (Å²) in [7, 11) is 3.11. The zero-order valence-corrected chi connectivity index (χ0v) is 7.49. The Morgan fingerprint density at radius 1 is 1.25 bits per heavy atom. The first kappa shape index (κ1) is 9.92. The summed E-state index contributed by atoms with van der Waals surface area (Å²) in [6, 6.07) is 0. The summed E-state index contributed by atoms with van der Waals surface area (Å²) in [5, 5.41) is 17.9. The Morgan fingerprint density at radius 2 is 1.83 bits per heavy atom. The van der Waals surface area contributed by atoms with Crippen LogP contribution in [0.3, 0.4) is 0 Å². The topological polar surface area (TPSA) is 58.9 Å². The van der Waals surface area contributed by atoms with E-state index in [2.05, 4.69) is 0 Å². The highest BCUT2D eigenvalue weighted by atomic mass is 16.7. The first-order chi connectivity index (χ1) is 5.74. The van der Waals surface area contributed by atoms with Crippen LogP contribution < -0.4 is 0 Å². The molecule has 2 atom stereocenters. The van der Waals surface area contributed by atoms with Gasteiger partial charge in [0.1, 0.15) is 0 Å². The van der Waals surface area contributed by atoms with Gasteiger partial charge in [-0.2, -0.15) is 0 Å². The zero-order chi connectivity index (χ0) is 9.19. The Labute approximate surface area is 72.1 Å². The summed E-state index contributed by atoms with van der Waals surface area (Å²) < 4.78 is 10.3. The molecule has 0 heterocycles. The van der Waals surface area contributed by atoms with E-state index in [1.807, 2.05) is 0 Å². The van der Waals surface area contributed by atoms with Crippen molar-refractivity contribution in [2.75, 3.05) is 27.4 Å². The van der Waals surface area contributed by atoms with Gasteiger partial charge >= 0.3 is 0 Å². The molecule has 0 aromatic heterocycles. The molecule has 0 aromatic rings. The quantitative estimate of drug-likeness (QED) is 0.572. The van der Waals surface area contributed by atoms with Gasteiger partial charge < -0.3 is 19.7 Å². The molecule has 0 aliphatic heterocycles. The molecule has 1 aliphatic rings. The highest BCUT2D eigenvalue weighted by molar-refractivity contribution is 4.96. The number of aliphatic hydroxyl groups excluding tert-OH is 2. The normalized spacial score (nSPS) is 33.0. The van der Waals surface area contributed by atoms with Crippen LogP contribution in [0, 0.1) is 11.8 Å². The van der Waals surface area contributed by atoms with Crippen molar-refractivity contribution >= 4 is 0 Å². The molecule has 2 unspecified atom stereocenters. The van der Waals surface area contributed by atoms with Gasteiger partial charge in [-0.05, 0) is 5.92 Å². The third kappa shape index (κ3) is 1.25. The summed E-state index contributed by atoms with van der Waals surface area (Å²) in [5.41, 5.74) is 0. The minimum absolute atomic E-state index is 0.00704. The Morgan fingerprint density at radius 3 is 2.17 bits per heavy atom. The van der Waals surface area contributed by atoms with Crippen LogP contribution in [-0.4, -0.2) is 43.4 Å². The van der Waals surface area contributed by atoms with Crippen molar-refractivity contribution in [2.24, 2.45) is 11.8 Å². The van der Waals surface area contributed by atoms with Crippen LogP contribution in [0.2, 0.25) is 0 Å². The van der Waals surface area contributed by atoms with Gasteiger partial charge in [0, 0.05) is 33.2 Å². The smallest absolute Gasteiger partial charge is 0.173 e. The van der Waals surface area contributed by atoms with Gasteiger partial charge in [-0.25, -0.2) is 0 Å². The second-order valence-electron chi connectivity index (χ2n) is 3.16. The Balaban J connectivity index is 2.58. The van der Waals surface area contributed by atoms with E-state index in [4.69, 9.17) is 19.7 Å². The molecular weight excluding hydrogens is 160 g/mol. The summed E-state index contributed by atoms with van der Waals surface area (Å²) in [6.07, 6.45) is 0.654. The van der Waals surface area contributed by atoms with Gasteiger partial charge in [-0.3, -0.25) is 0 Å². The fraction of sp³-hybridized carbons (Fsp3) is 1.00. The molecule has 0 bridgehead atoms. The predicted octanol–water partition coefficient (Wildman–Crippen LogP) is -0.404. The number of methoxy groups -OCH3 is 2. The average Bonchev–Trinajstić information content (AvgIpc) is 2.07. The van der Waals surface area contributed by atoms with E-state index in [1.165, 1.54) is 0 Å². The summed E-state index contributed by atoms with van der Waals surface area (Å²) in [6.45, 7) is 0.0760. The number of hydrogen-bond acceptors (Lipinski definition) is 4. The lowest BCUT2D eigenvalue weighted by Gasteiger charge is -2.51. The van der Waals surface area contributed by atoms with E-state index in [-0.39, 0.29) is 25.0 Å². The van der Waals surface area contributed by atoms with E-state index < -0.39 is 5.79 Å². The lowest BCUT2D eigenvalue weighted by atomic mass is 9.68. The molecule has 0 amide bonds. The van der Waals surface area contributed by atoms with Crippen molar-refractivity contribution in [2.45, 2.75) is 12.2 Å². The minimum Gasteiger partial charge on any atom is -0.396 e. The maximum atomic E-state index is 9.01. The van der Waals surface area contributed by atoms with Crippen molar-refractivity contribution in [1.82, 2.24) is 0 Å². The molecule has 2 N–H and O–H groups in total. The SMILES string of the molecule is COC1(OC)CC(CO)C1CO. The summed E-state index contributed by atoms with van der Waals surface area (Å²) >= 11 is 0. The molecule has 0 spiro atoms. The van der Waals surface area contributed by atoms with E-state index in [1.54, 1.807) is 14.2 Å². The zero-order valence-electron chi connectivity index (χ0n) is 7.49. The van der Waals surface area contributed by atoms with Crippen molar-refractivity contribution in [1.29, 1.82) is 0 Å². The van der Waals surface area contributed by atoms with Crippen LogP contribution >= 0.6 is 0 Å². The lowest BCUT2D eigenvalue weighted by Crippen LogP contribution is -2.59. The van der Waals surface area contributed by atoms with Crippen LogP contribution in [-0.2, 0) is 9.47 Å². The van der Waals surface area contributed by atoms with Crippen molar-refractivity contribution in [3.8, 4) is 0 Å². The molecule has 1 rings (SSSR count). The van der Waals surface area contributed by atoms with Gasteiger partial charge in [-0.15, -0.1) is 0 Å². The highest BCUT2D eigenvalue weighted by Crippen LogP contribution is 2.46. The Bertz CT molecular complexity index is 144. The number of ether oxygens (including phenoxy) is 2.